The highest BCUT2D eigenvalue weighted by molar-refractivity contribution is 5.60. The molecule has 1 aromatic heterocycles. The zero-order valence-electron chi connectivity index (χ0n) is 13.5. The standard InChI is InChI=1S/C18H22N4O/c1-12-10-14(11-18(2,3)22-12)20-17-19-9-8-16(21-17)13-4-6-15(23)7-5-13/h4-9,14,22-23H,1,10-11H2,2-3H3,(H,19,20,21). The Morgan fingerprint density at radius 1 is 1.26 bits per heavy atom. The minimum Gasteiger partial charge on any atom is -0.508 e. The zero-order chi connectivity index (χ0) is 16.4. The fourth-order valence-electron chi connectivity index (χ4n) is 3.07. The van der Waals surface area contributed by atoms with Crippen LogP contribution in [0.4, 0.5) is 5.95 Å². The highest BCUT2D eigenvalue weighted by atomic mass is 16.3. The summed E-state index contributed by atoms with van der Waals surface area (Å²) in [6, 6.07) is 9.12. The van der Waals surface area contributed by atoms with Crippen LogP contribution in [-0.2, 0) is 0 Å². The first-order chi connectivity index (χ1) is 10.9. The molecule has 3 rings (SSSR count). The number of nitrogens with zero attached hydrogens (tertiary/aromatic N) is 2. The van der Waals surface area contributed by atoms with E-state index >= 15 is 0 Å². The molecular formula is C18H22N4O. The Morgan fingerprint density at radius 3 is 2.70 bits per heavy atom. The Hall–Kier alpha value is -2.56. The lowest BCUT2D eigenvalue weighted by molar-refractivity contribution is 0.324. The normalized spacial score (nSPS) is 19.9. The fourth-order valence-corrected chi connectivity index (χ4v) is 3.07. The summed E-state index contributed by atoms with van der Waals surface area (Å²) in [5.74, 6) is 0.864. The number of piperidine rings is 1. The second-order valence-corrected chi connectivity index (χ2v) is 6.67. The van der Waals surface area contributed by atoms with Crippen molar-refractivity contribution in [3.8, 4) is 17.0 Å². The van der Waals surface area contributed by atoms with E-state index < -0.39 is 0 Å². The minimum atomic E-state index is 0.0154. The average Bonchev–Trinajstić information content (AvgIpc) is 2.46. The van der Waals surface area contributed by atoms with Crippen molar-refractivity contribution in [3.63, 3.8) is 0 Å². The molecule has 1 aliphatic rings. The lowest BCUT2D eigenvalue weighted by Crippen LogP contribution is -2.48. The maximum absolute atomic E-state index is 9.39. The molecule has 0 amide bonds. The van der Waals surface area contributed by atoms with Gasteiger partial charge in [-0.25, -0.2) is 9.97 Å². The van der Waals surface area contributed by atoms with Crippen LogP contribution < -0.4 is 10.6 Å². The van der Waals surface area contributed by atoms with Crippen molar-refractivity contribution >= 4 is 5.95 Å². The molecular weight excluding hydrogens is 288 g/mol. The van der Waals surface area contributed by atoms with Gasteiger partial charge in [0.25, 0.3) is 0 Å². The number of phenolic OH excluding ortho intramolecular Hbond substituents is 1. The van der Waals surface area contributed by atoms with Gasteiger partial charge in [-0.2, -0.15) is 0 Å². The van der Waals surface area contributed by atoms with Gasteiger partial charge in [0.2, 0.25) is 5.95 Å². The number of aromatic nitrogens is 2. The first kappa shape index (κ1) is 15.3. The van der Waals surface area contributed by atoms with Crippen molar-refractivity contribution in [1.29, 1.82) is 0 Å². The Morgan fingerprint density at radius 2 is 2.00 bits per heavy atom. The van der Waals surface area contributed by atoms with E-state index in [1.807, 2.05) is 18.2 Å². The Kier molecular flexibility index (Phi) is 3.94. The van der Waals surface area contributed by atoms with E-state index in [-0.39, 0.29) is 17.3 Å². The van der Waals surface area contributed by atoms with Gasteiger partial charge < -0.3 is 15.7 Å². The molecule has 2 heterocycles. The summed E-state index contributed by atoms with van der Waals surface area (Å²) >= 11 is 0. The highest BCUT2D eigenvalue weighted by Gasteiger charge is 2.29. The van der Waals surface area contributed by atoms with Crippen LogP contribution in [0.25, 0.3) is 11.3 Å². The summed E-state index contributed by atoms with van der Waals surface area (Å²) < 4.78 is 0. The number of hydrogen-bond donors (Lipinski definition) is 3. The molecule has 0 aliphatic carbocycles. The van der Waals surface area contributed by atoms with E-state index in [2.05, 4.69) is 41.0 Å². The smallest absolute Gasteiger partial charge is 0.223 e. The van der Waals surface area contributed by atoms with E-state index in [1.165, 1.54) is 0 Å². The van der Waals surface area contributed by atoms with Crippen LogP contribution in [0.1, 0.15) is 26.7 Å². The molecule has 1 aromatic carbocycles. The molecule has 1 saturated heterocycles. The summed E-state index contributed by atoms with van der Waals surface area (Å²) in [5.41, 5.74) is 2.83. The van der Waals surface area contributed by atoms with E-state index in [0.29, 0.717) is 5.95 Å². The van der Waals surface area contributed by atoms with Gasteiger partial charge in [0.05, 0.1) is 5.69 Å². The monoisotopic (exact) mass is 310 g/mol. The SMILES string of the molecule is C=C1CC(Nc2nccc(-c3ccc(O)cc3)n2)CC(C)(C)N1. The summed E-state index contributed by atoms with van der Waals surface area (Å²) in [4.78, 5) is 8.91. The van der Waals surface area contributed by atoms with Crippen molar-refractivity contribution in [2.24, 2.45) is 0 Å². The number of benzene rings is 1. The van der Waals surface area contributed by atoms with Crippen molar-refractivity contribution in [2.75, 3.05) is 5.32 Å². The van der Waals surface area contributed by atoms with Gasteiger partial charge >= 0.3 is 0 Å². The summed E-state index contributed by atoms with van der Waals surface area (Å²) in [7, 11) is 0. The average molecular weight is 310 g/mol. The topological polar surface area (TPSA) is 70.1 Å². The third-order valence-corrected chi connectivity index (χ3v) is 3.92. The summed E-state index contributed by atoms with van der Waals surface area (Å²) in [6.45, 7) is 8.39. The summed E-state index contributed by atoms with van der Waals surface area (Å²) in [5, 5.41) is 16.2. The van der Waals surface area contributed by atoms with Crippen molar-refractivity contribution < 1.29 is 5.11 Å². The number of aromatic hydroxyl groups is 1. The van der Waals surface area contributed by atoms with Crippen LogP contribution in [0, 0.1) is 0 Å². The molecule has 1 fully saturated rings. The lowest BCUT2D eigenvalue weighted by atomic mass is 9.88. The molecule has 1 atom stereocenters. The van der Waals surface area contributed by atoms with Crippen LogP contribution in [0.15, 0.2) is 48.8 Å². The van der Waals surface area contributed by atoms with Crippen molar-refractivity contribution in [3.05, 3.63) is 48.8 Å². The molecule has 1 unspecified atom stereocenters. The first-order valence-electron chi connectivity index (χ1n) is 7.76. The third kappa shape index (κ3) is 3.80. The molecule has 0 bridgehead atoms. The fraction of sp³-hybridized carbons (Fsp3) is 0.333. The number of phenols is 1. The molecule has 5 heteroatoms. The Labute approximate surface area is 136 Å². The zero-order valence-corrected chi connectivity index (χ0v) is 13.5. The first-order valence-corrected chi connectivity index (χ1v) is 7.76. The van der Waals surface area contributed by atoms with E-state index in [1.54, 1.807) is 18.3 Å². The number of nitrogens with one attached hydrogen (secondary N) is 2. The van der Waals surface area contributed by atoms with Crippen LogP contribution in [-0.4, -0.2) is 26.7 Å². The van der Waals surface area contributed by atoms with Gasteiger partial charge in [0.1, 0.15) is 5.75 Å². The van der Waals surface area contributed by atoms with E-state index in [0.717, 1.165) is 29.8 Å². The van der Waals surface area contributed by atoms with Crippen LogP contribution in [0.2, 0.25) is 0 Å². The van der Waals surface area contributed by atoms with Crippen LogP contribution >= 0.6 is 0 Å². The predicted octanol–water partition coefficient (Wildman–Crippen LogP) is 3.31. The Bertz CT molecular complexity index is 709. The van der Waals surface area contributed by atoms with Gasteiger partial charge in [0, 0.05) is 35.5 Å². The minimum absolute atomic E-state index is 0.0154. The van der Waals surface area contributed by atoms with Gasteiger partial charge in [0.15, 0.2) is 0 Å². The number of hydrogen-bond acceptors (Lipinski definition) is 5. The molecule has 120 valence electrons. The van der Waals surface area contributed by atoms with Crippen LogP contribution in [0.5, 0.6) is 5.75 Å². The van der Waals surface area contributed by atoms with Crippen LogP contribution in [0.3, 0.4) is 0 Å². The van der Waals surface area contributed by atoms with Crippen molar-refractivity contribution in [2.45, 2.75) is 38.3 Å². The molecule has 0 radical (unpaired) electrons. The molecule has 0 saturated carbocycles. The molecule has 3 N–H and O–H groups in total. The van der Waals surface area contributed by atoms with Gasteiger partial charge in [-0.15, -0.1) is 0 Å². The van der Waals surface area contributed by atoms with E-state index in [4.69, 9.17) is 0 Å². The maximum Gasteiger partial charge on any atom is 0.223 e. The number of anilines is 1. The number of rotatable bonds is 3. The Balaban J connectivity index is 1.77. The molecule has 2 aromatic rings. The lowest BCUT2D eigenvalue weighted by Gasteiger charge is -2.38. The van der Waals surface area contributed by atoms with E-state index in [9.17, 15) is 5.11 Å². The van der Waals surface area contributed by atoms with Gasteiger partial charge in [-0.1, -0.05) is 6.58 Å². The second kappa shape index (κ2) is 5.91. The molecule has 5 nitrogen and oxygen atoms in total. The second-order valence-electron chi connectivity index (χ2n) is 6.67. The quantitative estimate of drug-likeness (QED) is 0.811. The molecule has 0 spiro atoms. The predicted molar refractivity (Wildman–Crippen MR) is 92.1 cm³/mol. The largest absolute Gasteiger partial charge is 0.508 e. The van der Waals surface area contributed by atoms with Gasteiger partial charge in [-0.05, 0) is 50.6 Å². The highest BCUT2D eigenvalue weighted by Crippen LogP contribution is 2.26. The third-order valence-electron chi connectivity index (χ3n) is 3.92. The maximum atomic E-state index is 9.39. The van der Waals surface area contributed by atoms with Crippen molar-refractivity contribution in [1.82, 2.24) is 15.3 Å². The molecule has 1 aliphatic heterocycles. The summed E-state index contributed by atoms with van der Waals surface area (Å²) in [6.07, 6.45) is 3.58. The molecule has 23 heavy (non-hydrogen) atoms. The van der Waals surface area contributed by atoms with Gasteiger partial charge in [-0.3, -0.25) is 0 Å².